The van der Waals surface area contributed by atoms with Gasteiger partial charge in [0.05, 0.1) is 17.9 Å². The predicted molar refractivity (Wildman–Crippen MR) is 137 cm³/mol. The number of carbonyl (C=O) groups excluding carboxylic acids is 4. The number of amides is 4. The summed E-state index contributed by atoms with van der Waals surface area (Å²) in [5.74, 6) is -2.42. The van der Waals surface area contributed by atoms with Crippen molar-refractivity contribution in [3.63, 3.8) is 0 Å². The lowest BCUT2D eigenvalue weighted by molar-refractivity contribution is -0.137. The number of anilines is 1. The molecule has 2 aromatic heterocycles. The van der Waals surface area contributed by atoms with Crippen LogP contribution in [0.25, 0.3) is 0 Å². The van der Waals surface area contributed by atoms with Gasteiger partial charge in [0, 0.05) is 50.4 Å². The second-order valence-electron chi connectivity index (χ2n) is 9.20. The molecular formula is C22H28ClN7O4S2. The minimum absolute atomic E-state index is 0.0369. The standard InChI is InChI=1S/C22H28ClN7O4S2/c1-29(2)21(34)11-4-5-12(25-17(31)18(32)28-22-24-9-16(23)36-22)14(8-11)26-19(33)20-27-13-6-7-30(3)10-15(13)35-20/h9,11-12,14H,4-8,10H2,1-3H3,(H,25,31)(H,26,33)(H,24,28,32)/t11?,12-,14-/m0/s1. The van der Waals surface area contributed by atoms with E-state index in [9.17, 15) is 19.2 Å². The van der Waals surface area contributed by atoms with Crippen LogP contribution in [0.15, 0.2) is 6.20 Å². The molecule has 0 bridgehead atoms. The Balaban J connectivity index is 1.46. The molecule has 0 spiro atoms. The van der Waals surface area contributed by atoms with E-state index in [2.05, 4.69) is 30.8 Å². The zero-order valence-electron chi connectivity index (χ0n) is 20.2. The summed E-state index contributed by atoms with van der Waals surface area (Å²) >= 11 is 8.23. The van der Waals surface area contributed by atoms with Crippen LogP contribution < -0.4 is 16.0 Å². The molecule has 4 amide bonds. The Hall–Kier alpha value is -2.61. The zero-order valence-corrected chi connectivity index (χ0v) is 22.6. The highest BCUT2D eigenvalue weighted by atomic mass is 35.5. The first-order valence-corrected chi connectivity index (χ1v) is 13.5. The summed E-state index contributed by atoms with van der Waals surface area (Å²) in [6.07, 6.45) is 3.46. The van der Waals surface area contributed by atoms with E-state index < -0.39 is 23.9 Å². The molecular weight excluding hydrogens is 526 g/mol. The Morgan fingerprint density at radius 3 is 2.58 bits per heavy atom. The summed E-state index contributed by atoms with van der Waals surface area (Å²) in [6.45, 7) is 1.64. The maximum absolute atomic E-state index is 13.1. The number of rotatable bonds is 5. The second-order valence-corrected chi connectivity index (χ2v) is 11.9. The highest BCUT2D eigenvalue weighted by molar-refractivity contribution is 7.19. The van der Waals surface area contributed by atoms with Crippen LogP contribution in [-0.2, 0) is 27.3 Å². The number of likely N-dealkylation sites (N-methyl/N-ethyl adjacent to an activating group) is 1. The van der Waals surface area contributed by atoms with Crippen LogP contribution >= 0.6 is 34.3 Å². The van der Waals surface area contributed by atoms with Crippen LogP contribution in [0.2, 0.25) is 4.34 Å². The normalized spacial score (nSPS) is 21.8. The van der Waals surface area contributed by atoms with Crippen molar-refractivity contribution in [2.45, 2.75) is 44.3 Å². The van der Waals surface area contributed by atoms with Crippen molar-refractivity contribution in [3.8, 4) is 0 Å². The topological polar surface area (TPSA) is 137 Å². The van der Waals surface area contributed by atoms with Crippen molar-refractivity contribution < 1.29 is 19.2 Å². The molecule has 3 atom stereocenters. The highest BCUT2D eigenvalue weighted by Crippen LogP contribution is 2.28. The number of nitrogens with one attached hydrogen (secondary N) is 3. The van der Waals surface area contributed by atoms with E-state index in [1.807, 2.05) is 7.05 Å². The Kier molecular flexibility index (Phi) is 8.23. The number of thiazole rings is 2. The zero-order chi connectivity index (χ0) is 26.0. The molecule has 1 saturated carbocycles. The van der Waals surface area contributed by atoms with Gasteiger partial charge in [-0.15, -0.1) is 11.3 Å². The summed E-state index contributed by atoms with van der Waals surface area (Å²) in [4.78, 5) is 64.0. The second kappa shape index (κ2) is 11.2. The summed E-state index contributed by atoms with van der Waals surface area (Å²) in [5, 5.41) is 8.69. The first-order valence-electron chi connectivity index (χ1n) is 11.5. The van der Waals surface area contributed by atoms with E-state index >= 15 is 0 Å². The quantitative estimate of drug-likeness (QED) is 0.475. The minimum atomic E-state index is -0.880. The van der Waals surface area contributed by atoms with Gasteiger partial charge < -0.3 is 20.4 Å². The van der Waals surface area contributed by atoms with E-state index in [0.717, 1.165) is 41.4 Å². The lowest BCUT2D eigenvalue weighted by atomic mass is 9.81. The van der Waals surface area contributed by atoms with Crippen molar-refractivity contribution >= 4 is 63.0 Å². The third kappa shape index (κ3) is 6.20. The number of nitrogens with zero attached hydrogens (tertiary/aromatic N) is 4. The molecule has 0 saturated heterocycles. The Labute approximate surface area is 221 Å². The van der Waals surface area contributed by atoms with Gasteiger partial charge >= 0.3 is 11.8 Å². The Morgan fingerprint density at radius 1 is 1.11 bits per heavy atom. The van der Waals surface area contributed by atoms with Gasteiger partial charge in [-0.3, -0.25) is 24.5 Å². The molecule has 3 N–H and O–H groups in total. The monoisotopic (exact) mass is 553 g/mol. The Bertz CT molecular complexity index is 1170. The fourth-order valence-electron chi connectivity index (χ4n) is 4.44. The molecule has 14 heteroatoms. The average molecular weight is 554 g/mol. The molecule has 1 unspecified atom stereocenters. The molecule has 1 fully saturated rings. The van der Waals surface area contributed by atoms with Crippen molar-refractivity contribution in [2.75, 3.05) is 33.0 Å². The van der Waals surface area contributed by atoms with Crippen molar-refractivity contribution in [2.24, 2.45) is 5.92 Å². The number of aromatic nitrogens is 2. The van der Waals surface area contributed by atoms with E-state index in [-0.39, 0.29) is 22.9 Å². The molecule has 4 rings (SSSR count). The van der Waals surface area contributed by atoms with Crippen molar-refractivity contribution in [1.82, 2.24) is 30.4 Å². The number of halogens is 1. The minimum Gasteiger partial charge on any atom is -0.349 e. The first-order chi connectivity index (χ1) is 17.1. The van der Waals surface area contributed by atoms with Crippen LogP contribution in [0.3, 0.4) is 0 Å². The van der Waals surface area contributed by atoms with Crippen molar-refractivity contribution in [1.29, 1.82) is 0 Å². The smallest absolute Gasteiger partial charge is 0.315 e. The number of hydrogen-bond donors (Lipinski definition) is 3. The molecule has 3 heterocycles. The van der Waals surface area contributed by atoms with Gasteiger partial charge in [0.25, 0.3) is 5.91 Å². The van der Waals surface area contributed by atoms with Gasteiger partial charge in [-0.25, -0.2) is 9.97 Å². The molecule has 2 aromatic rings. The van der Waals surface area contributed by atoms with E-state index in [4.69, 9.17) is 11.6 Å². The van der Waals surface area contributed by atoms with Gasteiger partial charge in [0.1, 0.15) is 4.34 Å². The number of fused-ring (bicyclic) bond motifs is 1. The Morgan fingerprint density at radius 2 is 1.89 bits per heavy atom. The summed E-state index contributed by atoms with van der Waals surface area (Å²) in [5.41, 5.74) is 0.941. The maximum Gasteiger partial charge on any atom is 0.315 e. The van der Waals surface area contributed by atoms with Gasteiger partial charge in [-0.05, 0) is 26.3 Å². The van der Waals surface area contributed by atoms with Crippen LogP contribution in [-0.4, -0.2) is 83.2 Å². The fourth-order valence-corrected chi connectivity index (χ4v) is 6.34. The first kappa shape index (κ1) is 26.5. The number of hydrogen-bond acceptors (Lipinski definition) is 9. The van der Waals surface area contributed by atoms with E-state index in [1.165, 1.54) is 22.4 Å². The predicted octanol–water partition coefficient (Wildman–Crippen LogP) is 1.35. The molecule has 1 aliphatic carbocycles. The summed E-state index contributed by atoms with van der Waals surface area (Å²) in [7, 11) is 5.41. The summed E-state index contributed by atoms with van der Waals surface area (Å²) < 4.78 is 0.382. The van der Waals surface area contributed by atoms with Gasteiger partial charge in [0.15, 0.2) is 10.1 Å². The molecule has 0 aromatic carbocycles. The van der Waals surface area contributed by atoms with E-state index in [0.29, 0.717) is 28.6 Å². The number of carbonyl (C=O) groups is 4. The van der Waals surface area contributed by atoms with Crippen LogP contribution in [0.4, 0.5) is 5.13 Å². The molecule has 36 heavy (non-hydrogen) atoms. The SMILES string of the molecule is CN1CCc2nc(C(=O)N[C@H]3CC(C(=O)N(C)C)CC[C@@H]3NC(=O)C(=O)Nc3ncc(Cl)s3)sc2C1. The maximum atomic E-state index is 13.1. The molecule has 1 aliphatic heterocycles. The summed E-state index contributed by atoms with van der Waals surface area (Å²) in [6, 6.07) is -1.08. The van der Waals surface area contributed by atoms with Crippen LogP contribution in [0.1, 0.15) is 39.6 Å². The molecule has 11 nitrogen and oxygen atoms in total. The van der Waals surface area contributed by atoms with Crippen LogP contribution in [0.5, 0.6) is 0 Å². The highest BCUT2D eigenvalue weighted by Gasteiger charge is 2.37. The largest absolute Gasteiger partial charge is 0.349 e. The third-order valence-electron chi connectivity index (χ3n) is 6.29. The fraction of sp³-hybridized carbons (Fsp3) is 0.545. The lowest BCUT2D eigenvalue weighted by Gasteiger charge is -2.37. The van der Waals surface area contributed by atoms with Crippen LogP contribution in [0, 0.1) is 5.92 Å². The van der Waals surface area contributed by atoms with Gasteiger partial charge in [-0.1, -0.05) is 22.9 Å². The lowest BCUT2D eigenvalue weighted by Crippen LogP contribution is -2.57. The molecule has 0 radical (unpaired) electrons. The van der Waals surface area contributed by atoms with Gasteiger partial charge in [0.2, 0.25) is 5.91 Å². The third-order valence-corrected chi connectivity index (χ3v) is 8.41. The molecule has 2 aliphatic rings. The van der Waals surface area contributed by atoms with Crippen molar-refractivity contribution in [3.05, 3.63) is 26.1 Å². The molecule has 194 valence electrons. The van der Waals surface area contributed by atoms with Gasteiger partial charge in [-0.2, -0.15) is 0 Å². The average Bonchev–Trinajstić information content (AvgIpc) is 3.44. The van der Waals surface area contributed by atoms with E-state index in [1.54, 1.807) is 14.1 Å².